The van der Waals surface area contributed by atoms with Crippen molar-refractivity contribution in [3.63, 3.8) is 0 Å². The number of anilines is 1. The second kappa shape index (κ2) is 5.48. The van der Waals surface area contributed by atoms with E-state index in [2.05, 4.69) is 15.0 Å². The highest BCUT2D eigenvalue weighted by molar-refractivity contribution is 7.99. The molecule has 0 aliphatic carbocycles. The van der Waals surface area contributed by atoms with Gasteiger partial charge in [-0.15, -0.1) is 0 Å². The Balaban J connectivity index is 2.36. The number of methoxy groups -OCH3 is 1. The van der Waals surface area contributed by atoms with Gasteiger partial charge in [0.05, 0.1) is 16.9 Å². The van der Waals surface area contributed by atoms with E-state index in [9.17, 15) is 10.1 Å². The molecule has 0 radical (unpaired) electrons. The smallest absolute Gasteiger partial charge is 0.321 e. The number of nitrogens with two attached hydrogens (primary N) is 1. The summed E-state index contributed by atoms with van der Waals surface area (Å²) in [5, 5.41) is 11.1. The van der Waals surface area contributed by atoms with Crippen LogP contribution in [0.5, 0.6) is 6.01 Å². The van der Waals surface area contributed by atoms with Gasteiger partial charge in [0.15, 0.2) is 0 Å². The monoisotopic (exact) mass is 279 g/mol. The molecule has 1 heterocycles. The van der Waals surface area contributed by atoms with Gasteiger partial charge in [-0.1, -0.05) is 12.1 Å². The van der Waals surface area contributed by atoms with Crippen LogP contribution >= 0.6 is 11.8 Å². The van der Waals surface area contributed by atoms with Crippen LogP contribution in [0.3, 0.4) is 0 Å². The summed E-state index contributed by atoms with van der Waals surface area (Å²) in [5.41, 5.74) is 5.47. The van der Waals surface area contributed by atoms with Crippen LogP contribution in [0.1, 0.15) is 0 Å². The number of rotatable bonds is 4. The van der Waals surface area contributed by atoms with E-state index < -0.39 is 4.92 Å². The number of ether oxygens (including phenoxy) is 1. The molecule has 0 saturated heterocycles. The van der Waals surface area contributed by atoms with E-state index in [1.54, 1.807) is 18.2 Å². The number of nitrogen functional groups attached to an aromatic ring is 1. The predicted octanol–water partition coefficient (Wildman–Crippen LogP) is 1.52. The molecule has 0 unspecified atom stereocenters. The molecule has 0 fully saturated rings. The molecule has 0 aliphatic heterocycles. The molecule has 1 aromatic carbocycles. The van der Waals surface area contributed by atoms with E-state index in [-0.39, 0.29) is 22.8 Å². The number of hydrogen-bond acceptors (Lipinski definition) is 8. The van der Waals surface area contributed by atoms with Gasteiger partial charge in [0, 0.05) is 6.07 Å². The maximum atomic E-state index is 10.9. The highest BCUT2D eigenvalue weighted by atomic mass is 32.2. The molecule has 98 valence electrons. The van der Waals surface area contributed by atoms with Gasteiger partial charge in [0.1, 0.15) is 0 Å². The lowest BCUT2D eigenvalue weighted by molar-refractivity contribution is -0.387. The second-order valence-electron chi connectivity index (χ2n) is 3.29. The molecule has 0 bridgehead atoms. The first-order valence-electron chi connectivity index (χ1n) is 5.07. The summed E-state index contributed by atoms with van der Waals surface area (Å²) in [6.07, 6.45) is 0. The lowest BCUT2D eigenvalue weighted by Gasteiger charge is -2.03. The maximum Gasteiger partial charge on any atom is 0.321 e. The van der Waals surface area contributed by atoms with E-state index in [0.29, 0.717) is 4.90 Å². The number of nitrogens with zero attached hydrogens (tertiary/aromatic N) is 4. The van der Waals surface area contributed by atoms with Crippen LogP contribution in [-0.2, 0) is 0 Å². The Morgan fingerprint density at radius 3 is 2.74 bits per heavy atom. The zero-order valence-corrected chi connectivity index (χ0v) is 10.6. The Labute approximate surface area is 112 Å². The highest BCUT2D eigenvalue weighted by Crippen LogP contribution is 2.33. The van der Waals surface area contributed by atoms with Crippen molar-refractivity contribution in [3.05, 3.63) is 34.4 Å². The molecule has 1 aromatic heterocycles. The predicted molar refractivity (Wildman–Crippen MR) is 68.0 cm³/mol. The normalized spacial score (nSPS) is 10.2. The molecular formula is C10H9N5O3S. The summed E-state index contributed by atoms with van der Waals surface area (Å²) in [6, 6.07) is 6.36. The molecule has 0 aliphatic rings. The molecule has 0 spiro atoms. The van der Waals surface area contributed by atoms with Gasteiger partial charge in [0.25, 0.3) is 5.69 Å². The molecule has 9 heteroatoms. The number of nitro groups is 1. The Kier molecular flexibility index (Phi) is 3.76. The van der Waals surface area contributed by atoms with Crippen molar-refractivity contribution >= 4 is 23.4 Å². The summed E-state index contributed by atoms with van der Waals surface area (Å²) in [6.45, 7) is 0. The van der Waals surface area contributed by atoms with Gasteiger partial charge < -0.3 is 10.5 Å². The van der Waals surface area contributed by atoms with Crippen molar-refractivity contribution in [2.45, 2.75) is 10.1 Å². The molecule has 8 nitrogen and oxygen atoms in total. The number of para-hydroxylation sites is 1. The van der Waals surface area contributed by atoms with E-state index in [1.807, 2.05) is 0 Å². The minimum absolute atomic E-state index is 0.00654. The molecule has 0 amide bonds. The zero-order valence-electron chi connectivity index (χ0n) is 9.81. The van der Waals surface area contributed by atoms with Crippen LogP contribution in [0, 0.1) is 10.1 Å². The maximum absolute atomic E-state index is 10.9. The fourth-order valence-corrected chi connectivity index (χ4v) is 2.14. The van der Waals surface area contributed by atoms with E-state index in [4.69, 9.17) is 10.5 Å². The van der Waals surface area contributed by atoms with Crippen LogP contribution in [0.2, 0.25) is 0 Å². The fraction of sp³-hybridized carbons (Fsp3) is 0.100. The van der Waals surface area contributed by atoms with Crippen molar-refractivity contribution in [2.24, 2.45) is 0 Å². The lowest BCUT2D eigenvalue weighted by atomic mass is 10.3. The SMILES string of the molecule is COc1nc(N)nc(Sc2ccccc2[N+](=O)[O-])n1. The molecule has 19 heavy (non-hydrogen) atoms. The first-order valence-corrected chi connectivity index (χ1v) is 5.88. The third-order valence-corrected chi connectivity index (χ3v) is 2.99. The van der Waals surface area contributed by atoms with Crippen LogP contribution < -0.4 is 10.5 Å². The van der Waals surface area contributed by atoms with Crippen LogP contribution in [0.25, 0.3) is 0 Å². The topological polar surface area (TPSA) is 117 Å². The lowest BCUT2D eigenvalue weighted by Crippen LogP contribution is -2.02. The number of aromatic nitrogens is 3. The number of nitro benzene ring substituents is 1. The Morgan fingerprint density at radius 2 is 2.05 bits per heavy atom. The van der Waals surface area contributed by atoms with Gasteiger partial charge in [-0.2, -0.15) is 15.0 Å². The molecule has 0 saturated carbocycles. The molecule has 2 aromatic rings. The minimum Gasteiger partial charge on any atom is -0.467 e. The van der Waals surface area contributed by atoms with Crippen LogP contribution in [0.4, 0.5) is 11.6 Å². The third kappa shape index (κ3) is 3.07. The van der Waals surface area contributed by atoms with Gasteiger partial charge in [-0.05, 0) is 17.8 Å². The van der Waals surface area contributed by atoms with Crippen molar-refractivity contribution in [3.8, 4) is 6.01 Å². The Morgan fingerprint density at radius 1 is 1.32 bits per heavy atom. The molecule has 0 atom stereocenters. The quantitative estimate of drug-likeness (QED) is 0.661. The van der Waals surface area contributed by atoms with E-state index in [1.165, 1.54) is 13.2 Å². The van der Waals surface area contributed by atoms with Crippen molar-refractivity contribution < 1.29 is 9.66 Å². The van der Waals surface area contributed by atoms with Gasteiger partial charge >= 0.3 is 6.01 Å². The molecule has 2 rings (SSSR count). The first kappa shape index (κ1) is 13.0. The first-order chi connectivity index (χ1) is 9.10. The average Bonchev–Trinajstić information content (AvgIpc) is 2.38. The van der Waals surface area contributed by atoms with Crippen molar-refractivity contribution in [1.29, 1.82) is 0 Å². The number of hydrogen-bond donors (Lipinski definition) is 1. The zero-order chi connectivity index (χ0) is 13.8. The Hall–Kier alpha value is -2.42. The van der Waals surface area contributed by atoms with Crippen LogP contribution in [0.15, 0.2) is 34.3 Å². The second-order valence-corrected chi connectivity index (χ2v) is 4.30. The van der Waals surface area contributed by atoms with Gasteiger partial charge in [-0.3, -0.25) is 10.1 Å². The van der Waals surface area contributed by atoms with Gasteiger partial charge in [0.2, 0.25) is 11.1 Å². The average molecular weight is 279 g/mol. The highest BCUT2D eigenvalue weighted by Gasteiger charge is 2.16. The summed E-state index contributed by atoms with van der Waals surface area (Å²) in [4.78, 5) is 22.4. The standard InChI is InChI=1S/C10H9N5O3S/c1-18-9-12-8(11)13-10(14-9)19-7-5-3-2-4-6(7)15(16)17/h2-5H,1H3,(H2,11,12,13,14). The summed E-state index contributed by atoms with van der Waals surface area (Å²) < 4.78 is 4.86. The summed E-state index contributed by atoms with van der Waals surface area (Å²) in [7, 11) is 1.40. The minimum atomic E-state index is -0.468. The van der Waals surface area contributed by atoms with Crippen LogP contribution in [-0.4, -0.2) is 27.0 Å². The van der Waals surface area contributed by atoms with E-state index >= 15 is 0 Å². The Bertz CT molecular complexity index is 622. The summed E-state index contributed by atoms with van der Waals surface area (Å²) in [5.74, 6) is -0.00654. The fourth-order valence-electron chi connectivity index (χ4n) is 1.28. The molecule has 2 N–H and O–H groups in total. The van der Waals surface area contributed by atoms with Crippen molar-refractivity contribution in [2.75, 3.05) is 12.8 Å². The number of benzene rings is 1. The van der Waals surface area contributed by atoms with E-state index in [0.717, 1.165) is 11.8 Å². The largest absolute Gasteiger partial charge is 0.467 e. The van der Waals surface area contributed by atoms with Gasteiger partial charge in [-0.25, -0.2) is 0 Å². The molecular weight excluding hydrogens is 270 g/mol. The third-order valence-electron chi connectivity index (χ3n) is 2.06. The summed E-state index contributed by atoms with van der Waals surface area (Å²) >= 11 is 1.02. The van der Waals surface area contributed by atoms with Crippen molar-refractivity contribution in [1.82, 2.24) is 15.0 Å².